The van der Waals surface area contributed by atoms with Gasteiger partial charge in [0.05, 0.1) is 28.3 Å². The van der Waals surface area contributed by atoms with Gasteiger partial charge < -0.3 is 14.2 Å². The summed E-state index contributed by atoms with van der Waals surface area (Å²) in [5.74, 6) is -0.241. The predicted molar refractivity (Wildman–Crippen MR) is 126 cm³/mol. The van der Waals surface area contributed by atoms with Crippen LogP contribution in [0.5, 0.6) is 17.2 Å². The maximum Gasteiger partial charge on any atom is 0.343 e. The first-order valence-electron chi connectivity index (χ1n) is 9.71. The van der Waals surface area contributed by atoms with Crippen LogP contribution in [-0.4, -0.2) is 36.7 Å². The third kappa shape index (κ3) is 6.62. The Balaban J connectivity index is 1.55. The van der Waals surface area contributed by atoms with Crippen LogP contribution in [0.25, 0.3) is 0 Å². The lowest BCUT2D eigenvalue weighted by Gasteiger charge is -2.10. The number of nitrogens with zero attached hydrogens (tertiary/aromatic N) is 2. The molecule has 1 amide bonds. The van der Waals surface area contributed by atoms with Crippen LogP contribution in [0.15, 0.2) is 76.3 Å². The number of nitro groups is 1. The number of methoxy groups -OCH3 is 1. The number of carbonyl (C=O) groups is 2. The SMILES string of the molecule is COc1cc(/C=N/NC(=O)COc2ccc([N+](=O)[O-])cc2Br)ccc1OC(=O)c1ccccc1. The van der Waals surface area contributed by atoms with Gasteiger partial charge >= 0.3 is 5.97 Å². The van der Waals surface area contributed by atoms with E-state index < -0.39 is 16.8 Å². The molecule has 0 aliphatic rings. The third-order valence-corrected chi connectivity index (χ3v) is 4.91. The molecule has 0 radical (unpaired) electrons. The smallest absolute Gasteiger partial charge is 0.343 e. The first-order valence-corrected chi connectivity index (χ1v) is 10.5. The summed E-state index contributed by atoms with van der Waals surface area (Å²) >= 11 is 3.16. The number of halogens is 1. The van der Waals surface area contributed by atoms with E-state index in [1.54, 1.807) is 48.5 Å². The summed E-state index contributed by atoms with van der Waals surface area (Å²) in [7, 11) is 1.44. The van der Waals surface area contributed by atoms with E-state index in [2.05, 4.69) is 26.5 Å². The summed E-state index contributed by atoms with van der Waals surface area (Å²) in [5, 5.41) is 14.6. The Hall–Kier alpha value is -4.25. The van der Waals surface area contributed by atoms with Crippen LogP contribution in [0.4, 0.5) is 5.69 Å². The average Bonchev–Trinajstić information content (AvgIpc) is 2.84. The van der Waals surface area contributed by atoms with Crippen molar-refractivity contribution in [1.82, 2.24) is 5.43 Å². The number of hydrogen-bond acceptors (Lipinski definition) is 8. The number of ether oxygens (including phenoxy) is 3. The molecule has 11 heteroatoms. The van der Waals surface area contributed by atoms with Gasteiger partial charge in [0.25, 0.3) is 11.6 Å². The monoisotopic (exact) mass is 527 g/mol. The Bertz CT molecular complexity index is 1230. The second-order valence-corrected chi connectivity index (χ2v) is 7.47. The highest BCUT2D eigenvalue weighted by atomic mass is 79.9. The van der Waals surface area contributed by atoms with E-state index in [9.17, 15) is 19.7 Å². The summed E-state index contributed by atoms with van der Waals surface area (Å²) in [5.41, 5.74) is 3.19. The molecule has 3 rings (SSSR count). The zero-order valence-electron chi connectivity index (χ0n) is 17.8. The van der Waals surface area contributed by atoms with Crippen molar-refractivity contribution in [1.29, 1.82) is 0 Å². The normalized spacial score (nSPS) is 10.5. The lowest BCUT2D eigenvalue weighted by Crippen LogP contribution is -2.24. The molecule has 34 heavy (non-hydrogen) atoms. The van der Waals surface area contributed by atoms with Crippen LogP contribution >= 0.6 is 15.9 Å². The Kier molecular flexibility index (Phi) is 8.30. The second-order valence-electron chi connectivity index (χ2n) is 6.62. The first kappa shape index (κ1) is 24.4. The van der Waals surface area contributed by atoms with Crippen molar-refractivity contribution in [2.24, 2.45) is 5.10 Å². The highest BCUT2D eigenvalue weighted by molar-refractivity contribution is 9.10. The van der Waals surface area contributed by atoms with E-state index in [1.807, 2.05) is 0 Å². The molecule has 0 heterocycles. The van der Waals surface area contributed by atoms with Crippen LogP contribution in [0.1, 0.15) is 15.9 Å². The molecule has 10 nitrogen and oxygen atoms in total. The number of benzene rings is 3. The summed E-state index contributed by atoms with van der Waals surface area (Å²) < 4.78 is 16.4. The topological polar surface area (TPSA) is 129 Å². The van der Waals surface area contributed by atoms with Gasteiger partial charge in [-0.25, -0.2) is 10.2 Å². The van der Waals surface area contributed by atoms with E-state index in [4.69, 9.17) is 14.2 Å². The molecule has 0 aromatic heterocycles. The fourth-order valence-electron chi connectivity index (χ4n) is 2.66. The van der Waals surface area contributed by atoms with Crippen molar-refractivity contribution in [2.45, 2.75) is 0 Å². The minimum atomic E-state index is -0.540. The molecule has 0 unspecified atom stereocenters. The minimum absolute atomic E-state index is 0.107. The van der Waals surface area contributed by atoms with Gasteiger partial charge in [-0.05, 0) is 57.9 Å². The van der Waals surface area contributed by atoms with Crippen LogP contribution in [0, 0.1) is 10.1 Å². The van der Waals surface area contributed by atoms with Crippen LogP contribution in [0.3, 0.4) is 0 Å². The van der Waals surface area contributed by atoms with Crippen LogP contribution in [-0.2, 0) is 4.79 Å². The molecule has 0 saturated heterocycles. The summed E-state index contributed by atoms with van der Waals surface area (Å²) in [6.07, 6.45) is 1.38. The quantitative estimate of drug-likeness (QED) is 0.145. The van der Waals surface area contributed by atoms with Gasteiger partial charge in [-0.1, -0.05) is 18.2 Å². The Labute approximate surface area is 202 Å². The van der Waals surface area contributed by atoms with E-state index >= 15 is 0 Å². The molecular weight excluding hydrogens is 510 g/mol. The van der Waals surface area contributed by atoms with E-state index in [0.717, 1.165) is 0 Å². The van der Waals surface area contributed by atoms with Crippen molar-refractivity contribution < 1.29 is 28.7 Å². The third-order valence-electron chi connectivity index (χ3n) is 4.29. The molecule has 0 atom stereocenters. The average molecular weight is 528 g/mol. The molecule has 3 aromatic carbocycles. The lowest BCUT2D eigenvalue weighted by molar-refractivity contribution is -0.384. The van der Waals surface area contributed by atoms with Crippen LogP contribution < -0.4 is 19.6 Å². The Morgan fingerprint density at radius 2 is 1.79 bits per heavy atom. The number of non-ortho nitro benzene ring substituents is 1. The number of nitro benzene ring substituents is 1. The number of hydrogen-bond donors (Lipinski definition) is 1. The zero-order valence-corrected chi connectivity index (χ0v) is 19.4. The molecule has 0 fully saturated rings. The van der Waals surface area contributed by atoms with E-state index in [1.165, 1.54) is 31.5 Å². The molecule has 0 bridgehead atoms. The van der Waals surface area contributed by atoms with Gasteiger partial charge in [-0.2, -0.15) is 5.10 Å². The standard InChI is InChI=1S/C23H18BrN3O7/c1-32-21-11-15(7-9-20(21)34-23(29)16-5-3-2-4-6-16)13-25-26-22(28)14-33-19-10-8-17(27(30)31)12-18(19)24/h2-13H,14H2,1H3,(H,26,28)/b25-13+. The Morgan fingerprint density at radius 3 is 2.47 bits per heavy atom. The highest BCUT2D eigenvalue weighted by Gasteiger charge is 2.13. The molecule has 0 saturated carbocycles. The van der Waals surface area contributed by atoms with Crippen LogP contribution in [0.2, 0.25) is 0 Å². The van der Waals surface area contributed by atoms with Crippen molar-refractivity contribution in [3.05, 3.63) is 92.4 Å². The molecule has 0 spiro atoms. The van der Waals surface area contributed by atoms with E-state index in [0.29, 0.717) is 21.3 Å². The molecule has 0 aliphatic carbocycles. The maximum atomic E-state index is 12.2. The number of amides is 1. The summed E-state index contributed by atoms with van der Waals surface area (Å²) in [6, 6.07) is 17.3. The number of esters is 1. The number of hydrazone groups is 1. The van der Waals surface area contributed by atoms with Crippen molar-refractivity contribution >= 4 is 39.7 Å². The second kappa shape index (κ2) is 11.6. The van der Waals surface area contributed by atoms with Crippen molar-refractivity contribution in [3.63, 3.8) is 0 Å². The zero-order chi connectivity index (χ0) is 24.5. The first-order chi connectivity index (χ1) is 16.4. The van der Waals surface area contributed by atoms with Crippen molar-refractivity contribution in [2.75, 3.05) is 13.7 Å². The molecule has 3 aromatic rings. The van der Waals surface area contributed by atoms with Gasteiger partial charge in [0.15, 0.2) is 18.1 Å². The molecule has 0 aliphatic heterocycles. The molecular formula is C23H18BrN3O7. The van der Waals surface area contributed by atoms with Gasteiger partial charge in [-0.15, -0.1) is 0 Å². The molecule has 1 N–H and O–H groups in total. The van der Waals surface area contributed by atoms with Gasteiger partial charge in [0.1, 0.15) is 5.75 Å². The summed E-state index contributed by atoms with van der Waals surface area (Å²) in [4.78, 5) is 34.4. The Morgan fingerprint density at radius 1 is 1.06 bits per heavy atom. The highest BCUT2D eigenvalue weighted by Crippen LogP contribution is 2.29. The van der Waals surface area contributed by atoms with Gasteiger partial charge in [-0.3, -0.25) is 14.9 Å². The number of carbonyl (C=O) groups excluding carboxylic acids is 2. The minimum Gasteiger partial charge on any atom is -0.493 e. The predicted octanol–water partition coefficient (Wildman–Crippen LogP) is 4.11. The summed E-state index contributed by atoms with van der Waals surface area (Å²) in [6.45, 7) is -0.356. The van der Waals surface area contributed by atoms with Gasteiger partial charge in [0.2, 0.25) is 0 Å². The molecule has 174 valence electrons. The lowest BCUT2D eigenvalue weighted by atomic mass is 10.2. The number of rotatable bonds is 9. The van der Waals surface area contributed by atoms with Gasteiger partial charge in [0, 0.05) is 12.1 Å². The van der Waals surface area contributed by atoms with E-state index in [-0.39, 0.29) is 23.8 Å². The number of nitrogens with one attached hydrogen (secondary N) is 1. The fraction of sp³-hybridized carbons (Fsp3) is 0.0870. The van der Waals surface area contributed by atoms with Crippen molar-refractivity contribution in [3.8, 4) is 17.2 Å². The largest absolute Gasteiger partial charge is 0.493 e. The fourth-order valence-corrected chi connectivity index (χ4v) is 3.14. The maximum absolute atomic E-state index is 12.2.